The Hall–Kier alpha value is -3.62. The lowest BCUT2D eigenvalue weighted by Crippen LogP contribution is -2.07. The van der Waals surface area contributed by atoms with Gasteiger partial charge >= 0.3 is 0 Å². The van der Waals surface area contributed by atoms with Gasteiger partial charge in [0.25, 0.3) is 0 Å². The summed E-state index contributed by atoms with van der Waals surface area (Å²) in [5, 5.41) is 3.24. The quantitative estimate of drug-likeness (QED) is 0.535. The minimum atomic E-state index is 0.395. The lowest BCUT2D eigenvalue weighted by molar-refractivity contribution is 0.285. The van der Waals surface area contributed by atoms with Crippen LogP contribution in [0.3, 0.4) is 0 Å². The molecule has 0 amide bonds. The van der Waals surface area contributed by atoms with Crippen LogP contribution < -0.4 is 20.5 Å². The summed E-state index contributed by atoms with van der Waals surface area (Å²) in [7, 11) is 1.64. The molecule has 0 aromatic carbocycles. The highest BCUT2D eigenvalue weighted by Gasteiger charge is 2.40. The Bertz CT molecular complexity index is 1060. The Balaban J connectivity index is 1.38. The highest BCUT2D eigenvalue weighted by Crippen LogP contribution is 2.46. The highest BCUT2D eigenvalue weighted by molar-refractivity contribution is 5.47. The number of anilines is 1. The molecule has 0 unspecified atom stereocenters. The van der Waals surface area contributed by atoms with Crippen LogP contribution in [0.4, 0.5) is 5.82 Å². The maximum atomic E-state index is 5.98. The molecule has 9 nitrogen and oxygen atoms in total. The van der Waals surface area contributed by atoms with Gasteiger partial charge in [-0.1, -0.05) is 0 Å². The monoisotopic (exact) mass is 422 g/mol. The molecule has 31 heavy (non-hydrogen) atoms. The number of aromatic nitrogens is 4. The molecular formula is C22H26N6O3. The van der Waals surface area contributed by atoms with Crippen molar-refractivity contribution in [3.63, 3.8) is 0 Å². The van der Waals surface area contributed by atoms with Crippen molar-refractivity contribution in [2.45, 2.75) is 32.7 Å². The molecule has 0 spiro atoms. The summed E-state index contributed by atoms with van der Waals surface area (Å²) >= 11 is 0. The number of nitrogens with two attached hydrogens (primary N) is 1. The lowest BCUT2D eigenvalue weighted by atomic mass is 10.2. The lowest BCUT2D eigenvalue weighted by Gasteiger charge is -2.09. The first-order valence-electron chi connectivity index (χ1n) is 10.1. The van der Waals surface area contributed by atoms with Gasteiger partial charge in [0.1, 0.15) is 17.3 Å². The molecule has 1 aliphatic carbocycles. The molecule has 0 aliphatic heterocycles. The fourth-order valence-electron chi connectivity index (χ4n) is 3.39. The van der Waals surface area contributed by atoms with E-state index in [1.54, 1.807) is 25.4 Å². The first kappa shape index (κ1) is 20.6. The fourth-order valence-corrected chi connectivity index (χ4v) is 3.39. The van der Waals surface area contributed by atoms with Crippen LogP contribution in [0.15, 0.2) is 35.0 Å². The molecule has 4 rings (SSSR count). The van der Waals surface area contributed by atoms with Gasteiger partial charge in [-0.25, -0.2) is 9.97 Å². The van der Waals surface area contributed by atoms with Crippen molar-refractivity contribution < 1.29 is 13.9 Å². The summed E-state index contributed by atoms with van der Waals surface area (Å²) in [5.74, 6) is 4.54. The molecule has 162 valence electrons. The highest BCUT2D eigenvalue weighted by atomic mass is 16.5. The second-order valence-electron chi connectivity index (χ2n) is 7.44. The number of methoxy groups -OCH3 is 1. The predicted octanol–water partition coefficient (Wildman–Crippen LogP) is 3.21. The van der Waals surface area contributed by atoms with Crippen LogP contribution in [0.25, 0.3) is 6.08 Å². The number of rotatable bonds is 9. The largest absolute Gasteiger partial charge is 0.495 e. The summed E-state index contributed by atoms with van der Waals surface area (Å²) in [4.78, 5) is 17.6. The third-order valence-corrected chi connectivity index (χ3v) is 5.14. The van der Waals surface area contributed by atoms with Crippen LogP contribution in [0.2, 0.25) is 0 Å². The predicted molar refractivity (Wildman–Crippen MR) is 116 cm³/mol. The number of hydrogen-bond donors (Lipinski definition) is 2. The molecule has 1 fully saturated rings. The number of nitrogens with one attached hydrogen (secondary N) is 1. The van der Waals surface area contributed by atoms with Gasteiger partial charge in [-0.3, -0.25) is 4.98 Å². The molecule has 2 atom stereocenters. The number of oxazole rings is 1. The molecule has 1 aliphatic rings. The van der Waals surface area contributed by atoms with Gasteiger partial charge in [0.05, 0.1) is 32.2 Å². The Morgan fingerprint density at radius 2 is 2.13 bits per heavy atom. The van der Waals surface area contributed by atoms with Crippen molar-refractivity contribution in [1.82, 2.24) is 19.9 Å². The maximum absolute atomic E-state index is 5.98. The number of aryl methyl sites for hydroxylation is 2. The smallest absolute Gasteiger partial charge is 0.219 e. The van der Waals surface area contributed by atoms with E-state index in [2.05, 4.69) is 25.3 Å². The molecule has 3 N–H and O–H groups in total. The Morgan fingerprint density at radius 3 is 2.81 bits per heavy atom. The molecular weight excluding hydrogens is 396 g/mol. The standard InChI is InChI=1S/C22H26N6O3/c1-13-19(31-14(2)26-13)11-25-21-9-22(28-20(27-21)6-7-23)30-12-15-8-17(15)18-5-4-16(29-3)10-24-18/h4-7,9-10,15,17H,8,11-12,23H2,1-3H3,(H,25,27,28)/t15-,17+/m1/s1. The van der Waals surface area contributed by atoms with Crippen molar-refractivity contribution in [2.75, 3.05) is 19.0 Å². The summed E-state index contributed by atoms with van der Waals surface area (Å²) < 4.78 is 16.8. The van der Waals surface area contributed by atoms with Gasteiger partial charge in [-0.05, 0) is 37.8 Å². The molecule has 3 aromatic heterocycles. The zero-order valence-electron chi connectivity index (χ0n) is 17.8. The van der Waals surface area contributed by atoms with E-state index >= 15 is 0 Å². The van der Waals surface area contributed by atoms with Crippen molar-refractivity contribution in [1.29, 1.82) is 0 Å². The SMILES string of the molecule is COc1ccc([C@H]2C[C@@H]2COc2cc(NCc3oc(C)nc3C)nc(C=CN)n2)nc1. The van der Waals surface area contributed by atoms with E-state index in [1.165, 1.54) is 6.20 Å². The number of pyridine rings is 1. The van der Waals surface area contributed by atoms with Crippen LogP contribution in [-0.4, -0.2) is 33.7 Å². The molecule has 0 bridgehead atoms. The van der Waals surface area contributed by atoms with Gasteiger partial charge in [-0.15, -0.1) is 0 Å². The van der Waals surface area contributed by atoms with Crippen LogP contribution >= 0.6 is 0 Å². The van der Waals surface area contributed by atoms with Gasteiger partial charge in [0, 0.05) is 30.5 Å². The van der Waals surface area contributed by atoms with Crippen molar-refractivity contribution >= 4 is 11.9 Å². The number of ether oxygens (including phenoxy) is 2. The Labute approximate surface area is 180 Å². The second kappa shape index (κ2) is 9.03. The van der Waals surface area contributed by atoms with E-state index in [1.807, 2.05) is 26.0 Å². The minimum Gasteiger partial charge on any atom is -0.495 e. The summed E-state index contributed by atoms with van der Waals surface area (Å²) in [6.45, 7) is 4.75. The molecule has 3 heterocycles. The minimum absolute atomic E-state index is 0.395. The van der Waals surface area contributed by atoms with Crippen LogP contribution in [-0.2, 0) is 6.54 Å². The first-order chi connectivity index (χ1) is 15.1. The number of nitrogens with zero attached hydrogens (tertiary/aromatic N) is 4. The topological polar surface area (TPSA) is 121 Å². The van der Waals surface area contributed by atoms with Gasteiger partial charge in [-0.2, -0.15) is 4.98 Å². The first-order valence-corrected chi connectivity index (χ1v) is 10.1. The molecule has 3 aromatic rings. The normalized spacial score (nSPS) is 17.6. The third kappa shape index (κ3) is 5.11. The van der Waals surface area contributed by atoms with Crippen LogP contribution in [0.5, 0.6) is 11.6 Å². The molecule has 0 saturated heterocycles. The van der Waals surface area contributed by atoms with Crippen molar-refractivity contribution in [3.05, 3.63) is 59.5 Å². The average molecular weight is 422 g/mol. The molecule has 0 radical (unpaired) electrons. The zero-order chi connectivity index (χ0) is 21.8. The Kier molecular flexibility index (Phi) is 6.01. The van der Waals surface area contributed by atoms with E-state index in [4.69, 9.17) is 19.6 Å². The third-order valence-electron chi connectivity index (χ3n) is 5.14. The molecule has 1 saturated carbocycles. The van der Waals surface area contributed by atoms with Crippen molar-refractivity contribution in [2.24, 2.45) is 11.7 Å². The van der Waals surface area contributed by atoms with Crippen LogP contribution in [0, 0.1) is 19.8 Å². The van der Waals surface area contributed by atoms with Gasteiger partial charge in [0.15, 0.2) is 11.7 Å². The Morgan fingerprint density at radius 1 is 1.26 bits per heavy atom. The molecule has 9 heteroatoms. The zero-order valence-corrected chi connectivity index (χ0v) is 17.8. The maximum Gasteiger partial charge on any atom is 0.219 e. The van der Waals surface area contributed by atoms with Gasteiger partial charge < -0.3 is 24.9 Å². The average Bonchev–Trinajstić information content (AvgIpc) is 3.47. The van der Waals surface area contributed by atoms with Crippen LogP contribution in [0.1, 0.15) is 41.2 Å². The summed E-state index contributed by atoms with van der Waals surface area (Å²) in [6, 6.07) is 5.72. The fraction of sp³-hybridized carbons (Fsp3) is 0.364. The van der Waals surface area contributed by atoms with E-state index in [0.29, 0.717) is 48.4 Å². The van der Waals surface area contributed by atoms with E-state index in [9.17, 15) is 0 Å². The van der Waals surface area contributed by atoms with E-state index in [0.717, 1.165) is 29.3 Å². The summed E-state index contributed by atoms with van der Waals surface area (Å²) in [6.07, 6.45) is 5.81. The number of hydrogen-bond acceptors (Lipinski definition) is 9. The van der Waals surface area contributed by atoms with Crippen molar-refractivity contribution in [3.8, 4) is 11.6 Å². The second-order valence-corrected chi connectivity index (χ2v) is 7.44. The van der Waals surface area contributed by atoms with E-state index in [-0.39, 0.29) is 0 Å². The summed E-state index contributed by atoms with van der Waals surface area (Å²) in [5.41, 5.74) is 7.43. The van der Waals surface area contributed by atoms with E-state index < -0.39 is 0 Å². The van der Waals surface area contributed by atoms with Gasteiger partial charge in [0.2, 0.25) is 5.88 Å².